The SMILES string of the molecule is CCCCCNCc1cccc(-c2cnc(-c3ccc(F)cc3)[nH]2)c1. The van der Waals surface area contributed by atoms with Crippen molar-refractivity contribution in [2.45, 2.75) is 32.7 Å². The second-order valence-corrected chi connectivity index (χ2v) is 6.24. The lowest BCUT2D eigenvalue weighted by Gasteiger charge is -2.06. The summed E-state index contributed by atoms with van der Waals surface area (Å²) >= 11 is 0. The first-order valence-electron chi connectivity index (χ1n) is 8.87. The maximum atomic E-state index is 13.1. The molecule has 0 spiro atoms. The van der Waals surface area contributed by atoms with Gasteiger partial charge in [-0.2, -0.15) is 0 Å². The van der Waals surface area contributed by atoms with Crippen molar-refractivity contribution in [1.29, 1.82) is 0 Å². The summed E-state index contributed by atoms with van der Waals surface area (Å²) in [5, 5.41) is 3.49. The Kier molecular flexibility index (Phi) is 5.96. The van der Waals surface area contributed by atoms with Crippen LogP contribution in [-0.2, 0) is 6.54 Å². The maximum Gasteiger partial charge on any atom is 0.137 e. The molecule has 0 atom stereocenters. The zero-order valence-corrected chi connectivity index (χ0v) is 14.6. The number of imidazole rings is 1. The largest absolute Gasteiger partial charge is 0.338 e. The van der Waals surface area contributed by atoms with Crippen LogP contribution in [0, 0.1) is 5.82 Å². The molecule has 0 saturated carbocycles. The average Bonchev–Trinajstić information content (AvgIpc) is 3.13. The molecule has 0 unspecified atom stereocenters. The molecule has 0 fully saturated rings. The van der Waals surface area contributed by atoms with Gasteiger partial charge in [-0.3, -0.25) is 0 Å². The molecule has 4 heteroatoms. The molecule has 3 nitrogen and oxygen atoms in total. The van der Waals surface area contributed by atoms with Crippen molar-refractivity contribution in [3.05, 3.63) is 66.1 Å². The Morgan fingerprint density at radius 2 is 1.88 bits per heavy atom. The topological polar surface area (TPSA) is 40.7 Å². The van der Waals surface area contributed by atoms with Gasteiger partial charge < -0.3 is 10.3 Å². The Balaban J connectivity index is 1.68. The first-order chi connectivity index (χ1) is 12.3. The molecule has 3 rings (SSSR count). The van der Waals surface area contributed by atoms with Gasteiger partial charge in [-0.15, -0.1) is 0 Å². The number of aromatic nitrogens is 2. The molecule has 0 aliphatic heterocycles. The van der Waals surface area contributed by atoms with Gasteiger partial charge in [0.1, 0.15) is 11.6 Å². The first kappa shape index (κ1) is 17.4. The van der Waals surface area contributed by atoms with Crippen LogP contribution in [0.4, 0.5) is 4.39 Å². The van der Waals surface area contributed by atoms with E-state index in [1.807, 2.05) is 6.20 Å². The van der Waals surface area contributed by atoms with Crippen LogP contribution in [0.25, 0.3) is 22.6 Å². The molecule has 3 aromatic rings. The number of H-pyrrole nitrogens is 1. The number of hydrogen-bond donors (Lipinski definition) is 2. The van der Waals surface area contributed by atoms with Crippen molar-refractivity contribution in [2.24, 2.45) is 0 Å². The number of aromatic amines is 1. The molecule has 1 aromatic heterocycles. The lowest BCUT2D eigenvalue weighted by molar-refractivity contribution is 0.617. The molecule has 2 aromatic carbocycles. The third kappa shape index (κ3) is 4.77. The molecule has 0 amide bonds. The molecular formula is C21H24FN3. The molecular weight excluding hydrogens is 313 g/mol. The van der Waals surface area contributed by atoms with Gasteiger partial charge in [-0.1, -0.05) is 38.0 Å². The van der Waals surface area contributed by atoms with Crippen molar-refractivity contribution in [2.75, 3.05) is 6.54 Å². The Bertz CT molecular complexity index is 793. The third-order valence-corrected chi connectivity index (χ3v) is 4.22. The van der Waals surface area contributed by atoms with Crippen LogP contribution < -0.4 is 5.32 Å². The van der Waals surface area contributed by atoms with Gasteiger partial charge in [0.05, 0.1) is 11.9 Å². The van der Waals surface area contributed by atoms with Gasteiger partial charge in [-0.05, 0) is 54.4 Å². The molecule has 0 radical (unpaired) electrons. The van der Waals surface area contributed by atoms with E-state index in [-0.39, 0.29) is 5.82 Å². The second kappa shape index (κ2) is 8.58. The lowest BCUT2D eigenvalue weighted by Crippen LogP contribution is -2.14. The summed E-state index contributed by atoms with van der Waals surface area (Å²) in [6.07, 6.45) is 5.56. The predicted octanol–water partition coefficient (Wildman–Crippen LogP) is 5.16. The van der Waals surface area contributed by atoms with Crippen LogP contribution >= 0.6 is 0 Å². The van der Waals surface area contributed by atoms with Crippen molar-refractivity contribution in [1.82, 2.24) is 15.3 Å². The average molecular weight is 337 g/mol. The Hall–Kier alpha value is -2.46. The highest BCUT2D eigenvalue weighted by Crippen LogP contribution is 2.23. The van der Waals surface area contributed by atoms with Crippen LogP contribution in [-0.4, -0.2) is 16.5 Å². The summed E-state index contributed by atoms with van der Waals surface area (Å²) < 4.78 is 13.1. The highest BCUT2D eigenvalue weighted by Gasteiger charge is 2.06. The number of halogens is 1. The predicted molar refractivity (Wildman–Crippen MR) is 101 cm³/mol. The molecule has 130 valence electrons. The molecule has 0 aliphatic carbocycles. The second-order valence-electron chi connectivity index (χ2n) is 6.24. The van der Waals surface area contributed by atoms with E-state index >= 15 is 0 Å². The van der Waals surface area contributed by atoms with E-state index in [4.69, 9.17) is 0 Å². The Morgan fingerprint density at radius 3 is 2.68 bits per heavy atom. The molecule has 2 N–H and O–H groups in total. The molecule has 25 heavy (non-hydrogen) atoms. The maximum absolute atomic E-state index is 13.1. The first-order valence-corrected chi connectivity index (χ1v) is 8.87. The van der Waals surface area contributed by atoms with Crippen molar-refractivity contribution >= 4 is 0 Å². The number of benzene rings is 2. The van der Waals surface area contributed by atoms with Gasteiger partial charge in [0.15, 0.2) is 0 Å². The van der Waals surface area contributed by atoms with Crippen LogP contribution in [0.1, 0.15) is 31.7 Å². The van der Waals surface area contributed by atoms with E-state index in [2.05, 4.69) is 46.5 Å². The Labute approximate surface area is 148 Å². The van der Waals surface area contributed by atoms with Gasteiger partial charge in [0.25, 0.3) is 0 Å². The van der Waals surface area contributed by atoms with E-state index in [0.29, 0.717) is 0 Å². The summed E-state index contributed by atoms with van der Waals surface area (Å²) in [6.45, 7) is 4.14. The normalized spacial score (nSPS) is 11.0. The van der Waals surface area contributed by atoms with E-state index in [0.717, 1.165) is 35.7 Å². The number of nitrogens with one attached hydrogen (secondary N) is 2. The van der Waals surface area contributed by atoms with Crippen molar-refractivity contribution in [3.8, 4) is 22.6 Å². The minimum Gasteiger partial charge on any atom is -0.338 e. The van der Waals surface area contributed by atoms with E-state index in [9.17, 15) is 4.39 Å². The minimum absolute atomic E-state index is 0.241. The summed E-state index contributed by atoms with van der Waals surface area (Å²) in [5.74, 6) is 0.507. The molecule has 0 saturated heterocycles. The standard InChI is InChI=1S/C21H24FN3/c1-2-3-4-12-23-14-16-6-5-7-18(13-16)20-15-24-21(25-20)17-8-10-19(22)11-9-17/h5-11,13,15,23H,2-4,12,14H2,1H3,(H,24,25). The smallest absolute Gasteiger partial charge is 0.137 e. The van der Waals surface area contributed by atoms with Gasteiger partial charge >= 0.3 is 0 Å². The number of unbranched alkanes of at least 4 members (excludes halogenated alkanes) is 2. The Morgan fingerprint density at radius 1 is 1.04 bits per heavy atom. The monoisotopic (exact) mass is 337 g/mol. The summed E-state index contributed by atoms with van der Waals surface area (Å²) in [7, 11) is 0. The van der Waals surface area contributed by atoms with Crippen molar-refractivity contribution in [3.63, 3.8) is 0 Å². The zero-order chi connectivity index (χ0) is 17.5. The van der Waals surface area contributed by atoms with Crippen molar-refractivity contribution < 1.29 is 4.39 Å². The van der Waals surface area contributed by atoms with Gasteiger partial charge in [0, 0.05) is 12.1 Å². The van der Waals surface area contributed by atoms with Gasteiger partial charge in [-0.25, -0.2) is 9.37 Å². The highest BCUT2D eigenvalue weighted by molar-refractivity contribution is 5.64. The van der Waals surface area contributed by atoms with E-state index in [1.54, 1.807) is 12.1 Å². The highest BCUT2D eigenvalue weighted by atomic mass is 19.1. The fourth-order valence-electron chi connectivity index (χ4n) is 2.80. The summed E-state index contributed by atoms with van der Waals surface area (Å²) in [4.78, 5) is 7.75. The molecule has 1 heterocycles. The quantitative estimate of drug-likeness (QED) is 0.557. The fourth-order valence-corrected chi connectivity index (χ4v) is 2.80. The van der Waals surface area contributed by atoms with Gasteiger partial charge in [0.2, 0.25) is 0 Å². The van der Waals surface area contributed by atoms with Crippen LogP contribution in [0.15, 0.2) is 54.7 Å². The number of rotatable bonds is 8. The van der Waals surface area contributed by atoms with Crippen LogP contribution in [0.5, 0.6) is 0 Å². The number of hydrogen-bond acceptors (Lipinski definition) is 2. The summed E-state index contributed by atoms with van der Waals surface area (Å²) in [6, 6.07) is 14.8. The molecule has 0 aliphatic rings. The summed E-state index contributed by atoms with van der Waals surface area (Å²) in [5.41, 5.74) is 4.20. The molecule has 0 bridgehead atoms. The lowest BCUT2D eigenvalue weighted by atomic mass is 10.1. The van der Waals surface area contributed by atoms with Crippen LogP contribution in [0.3, 0.4) is 0 Å². The van der Waals surface area contributed by atoms with Crippen LogP contribution in [0.2, 0.25) is 0 Å². The van der Waals surface area contributed by atoms with E-state index < -0.39 is 0 Å². The third-order valence-electron chi connectivity index (χ3n) is 4.22. The zero-order valence-electron chi connectivity index (χ0n) is 14.6. The minimum atomic E-state index is -0.241. The number of nitrogens with zero attached hydrogens (tertiary/aromatic N) is 1. The van der Waals surface area contributed by atoms with E-state index in [1.165, 1.54) is 37.0 Å². The fraction of sp³-hybridized carbons (Fsp3) is 0.286.